The van der Waals surface area contributed by atoms with Crippen LogP contribution in [-0.2, 0) is 0 Å². The number of carbonyl (C=O) groups is 2. The van der Waals surface area contributed by atoms with E-state index in [1.807, 2.05) is 11.4 Å². The van der Waals surface area contributed by atoms with E-state index >= 15 is 0 Å². The maximum Gasteiger partial charge on any atom is 0.322 e. The standard InChI is InChI=1S/C19H20FN3O3S/c1-26-16-5-4-12(8-14(16)20)21-19(25)23-10-11-7-13(23)9-15(11)22-18(24)17-3-2-6-27-17/h2-6,8,11,13,15H,7,9-10H2,1H3,(H,21,25)(H,22,24)/t11-,13-,15-/m0/s1. The van der Waals surface area contributed by atoms with Crippen LogP contribution in [0.15, 0.2) is 35.7 Å². The first-order valence-electron chi connectivity index (χ1n) is 8.80. The lowest BCUT2D eigenvalue weighted by molar-refractivity contribution is 0.0919. The first-order valence-corrected chi connectivity index (χ1v) is 9.68. The highest BCUT2D eigenvalue weighted by atomic mass is 32.1. The molecule has 1 saturated heterocycles. The van der Waals surface area contributed by atoms with E-state index in [9.17, 15) is 14.0 Å². The van der Waals surface area contributed by atoms with Crippen molar-refractivity contribution in [2.45, 2.75) is 24.9 Å². The van der Waals surface area contributed by atoms with Crippen LogP contribution in [0.4, 0.5) is 14.9 Å². The number of anilines is 1. The molecule has 2 N–H and O–H groups in total. The van der Waals surface area contributed by atoms with Crippen LogP contribution in [0.1, 0.15) is 22.5 Å². The number of fused-ring (bicyclic) bond motifs is 2. The van der Waals surface area contributed by atoms with Crippen molar-refractivity contribution in [3.63, 3.8) is 0 Å². The molecule has 2 bridgehead atoms. The largest absolute Gasteiger partial charge is 0.494 e. The molecule has 27 heavy (non-hydrogen) atoms. The summed E-state index contributed by atoms with van der Waals surface area (Å²) in [5.41, 5.74) is 0.392. The molecule has 3 atom stereocenters. The third kappa shape index (κ3) is 3.49. The fraction of sp³-hybridized carbons (Fsp3) is 0.368. The van der Waals surface area contributed by atoms with Crippen LogP contribution in [0.3, 0.4) is 0 Å². The van der Waals surface area contributed by atoms with Crippen molar-refractivity contribution in [3.05, 3.63) is 46.4 Å². The molecule has 0 spiro atoms. The number of carbonyl (C=O) groups excluding carboxylic acids is 2. The van der Waals surface area contributed by atoms with Gasteiger partial charge in [0.15, 0.2) is 11.6 Å². The van der Waals surface area contributed by atoms with Crippen molar-refractivity contribution < 1.29 is 18.7 Å². The van der Waals surface area contributed by atoms with Gasteiger partial charge in [-0.25, -0.2) is 9.18 Å². The molecular weight excluding hydrogens is 369 g/mol. The summed E-state index contributed by atoms with van der Waals surface area (Å²) in [6.45, 7) is 0.588. The van der Waals surface area contributed by atoms with Gasteiger partial charge >= 0.3 is 6.03 Å². The zero-order valence-corrected chi connectivity index (χ0v) is 15.6. The van der Waals surface area contributed by atoms with Crippen molar-refractivity contribution in [3.8, 4) is 5.75 Å². The Bertz CT molecular complexity index is 858. The van der Waals surface area contributed by atoms with Gasteiger partial charge in [-0.2, -0.15) is 0 Å². The minimum atomic E-state index is -0.519. The smallest absolute Gasteiger partial charge is 0.322 e. The van der Waals surface area contributed by atoms with Gasteiger partial charge < -0.3 is 20.3 Å². The number of urea groups is 1. The molecule has 0 radical (unpaired) electrons. The fourth-order valence-electron chi connectivity index (χ4n) is 3.97. The number of nitrogens with zero attached hydrogens (tertiary/aromatic N) is 1. The third-order valence-corrected chi connectivity index (χ3v) is 6.14. The van der Waals surface area contributed by atoms with Gasteiger partial charge in [0.25, 0.3) is 5.91 Å². The zero-order chi connectivity index (χ0) is 19.0. The molecule has 142 valence electrons. The minimum absolute atomic E-state index is 0.0488. The van der Waals surface area contributed by atoms with E-state index in [0.717, 1.165) is 12.8 Å². The molecule has 2 heterocycles. The fourth-order valence-corrected chi connectivity index (χ4v) is 4.59. The highest BCUT2D eigenvalue weighted by Gasteiger charge is 2.47. The summed E-state index contributed by atoms with van der Waals surface area (Å²) < 4.78 is 18.7. The van der Waals surface area contributed by atoms with Crippen LogP contribution in [0.25, 0.3) is 0 Å². The lowest BCUT2D eigenvalue weighted by atomic mass is 10.0. The molecule has 1 aliphatic heterocycles. The maximum atomic E-state index is 13.8. The molecule has 8 heteroatoms. The summed E-state index contributed by atoms with van der Waals surface area (Å²) >= 11 is 1.42. The van der Waals surface area contributed by atoms with Gasteiger partial charge in [0, 0.05) is 30.4 Å². The van der Waals surface area contributed by atoms with E-state index in [4.69, 9.17) is 4.74 Å². The minimum Gasteiger partial charge on any atom is -0.494 e. The quantitative estimate of drug-likeness (QED) is 0.843. The van der Waals surface area contributed by atoms with Crippen LogP contribution < -0.4 is 15.4 Å². The molecule has 1 aromatic carbocycles. The Morgan fingerprint density at radius 1 is 1.30 bits per heavy atom. The van der Waals surface area contributed by atoms with Crippen molar-refractivity contribution in [1.29, 1.82) is 0 Å². The SMILES string of the molecule is COc1ccc(NC(=O)N2C[C@@H]3C[C@H]2C[C@@H]3NC(=O)c2cccs2)cc1F. The number of hydrogen-bond donors (Lipinski definition) is 2. The maximum absolute atomic E-state index is 13.8. The molecule has 0 unspecified atom stereocenters. The molecule has 1 saturated carbocycles. The first-order chi connectivity index (χ1) is 13.0. The van der Waals surface area contributed by atoms with Crippen LogP contribution >= 0.6 is 11.3 Å². The second kappa shape index (κ2) is 7.19. The molecule has 1 aromatic heterocycles. The number of piperidine rings is 1. The number of nitrogens with one attached hydrogen (secondary N) is 2. The molecule has 1 aliphatic carbocycles. The highest BCUT2D eigenvalue weighted by Crippen LogP contribution is 2.38. The predicted octanol–water partition coefficient (Wildman–Crippen LogP) is 3.32. The van der Waals surface area contributed by atoms with Gasteiger partial charge in [0.05, 0.1) is 12.0 Å². The topological polar surface area (TPSA) is 70.7 Å². The number of methoxy groups -OCH3 is 1. The van der Waals surface area contributed by atoms with E-state index in [0.29, 0.717) is 17.1 Å². The molecule has 2 aromatic rings. The van der Waals surface area contributed by atoms with Gasteiger partial charge in [-0.3, -0.25) is 4.79 Å². The average Bonchev–Trinajstić information content (AvgIpc) is 3.38. The molecule has 3 amide bonds. The summed E-state index contributed by atoms with van der Waals surface area (Å²) in [6.07, 6.45) is 1.62. The predicted molar refractivity (Wildman–Crippen MR) is 101 cm³/mol. The summed E-state index contributed by atoms with van der Waals surface area (Å²) in [5, 5.41) is 7.71. The van der Waals surface area contributed by atoms with E-state index < -0.39 is 5.82 Å². The number of thiophene rings is 1. The summed E-state index contributed by atoms with van der Waals surface area (Å²) in [4.78, 5) is 27.3. The Labute approximate surface area is 160 Å². The van der Waals surface area contributed by atoms with Gasteiger partial charge in [0.1, 0.15) is 0 Å². The second-order valence-electron chi connectivity index (χ2n) is 6.87. The Morgan fingerprint density at radius 2 is 2.15 bits per heavy atom. The summed E-state index contributed by atoms with van der Waals surface area (Å²) in [6, 6.07) is 7.94. The van der Waals surface area contributed by atoms with E-state index in [1.165, 1.54) is 30.6 Å². The van der Waals surface area contributed by atoms with Gasteiger partial charge in [-0.15, -0.1) is 11.3 Å². The van der Waals surface area contributed by atoms with Gasteiger partial charge in [0.2, 0.25) is 0 Å². The van der Waals surface area contributed by atoms with Gasteiger partial charge in [-0.1, -0.05) is 6.07 Å². The van der Waals surface area contributed by atoms with E-state index in [1.54, 1.807) is 17.0 Å². The normalized spacial score (nSPS) is 23.3. The number of rotatable bonds is 4. The number of likely N-dealkylation sites (tertiary alicyclic amines) is 1. The van der Waals surface area contributed by atoms with Crippen molar-refractivity contribution in [2.24, 2.45) is 5.92 Å². The molecule has 2 fully saturated rings. The monoisotopic (exact) mass is 389 g/mol. The summed E-state index contributed by atoms with van der Waals surface area (Å²) in [5.74, 6) is -0.184. The molecule has 4 rings (SSSR count). The number of hydrogen-bond acceptors (Lipinski definition) is 4. The second-order valence-corrected chi connectivity index (χ2v) is 7.82. The number of halogens is 1. The van der Waals surface area contributed by atoms with E-state index in [-0.39, 0.29) is 35.7 Å². The van der Waals surface area contributed by atoms with Crippen molar-refractivity contribution in [2.75, 3.05) is 19.0 Å². The number of benzene rings is 1. The summed E-state index contributed by atoms with van der Waals surface area (Å²) in [7, 11) is 1.39. The first kappa shape index (κ1) is 17.8. The Balaban J connectivity index is 1.34. The Morgan fingerprint density at radius 3 is 2.78 bits per heavy atom. The van der Waals surface area contributed by atoms with E-state index in [2.05, 4.69) is 10.6 Å². The average molecular weight is 389 g/mol. The molecule has 6 nitrogen and oxygen atoms in total. The van der Waals surface area contributed by atoms with Crippen LogP contribution in [0.2, 0.25) is 0 Å². The molecular formula is C19H20FN3O3S. The van der Waals surface area contributed by atoms with Crippen molar-refractivity contribution in [1.82, 2.24) is 10.2 Å². The van der Waals surface area contributed by atoms with Crippen LogP contribution in [-0.4, -0.2) is 42.6 Å². The highest BCUT2D eigenvalue weighted by molar-refractivity contribution is 7.12. The number of ether oxygens (including phenoxy) is 1. The third-order valence-electron chi connectivity index (χ3n) is 5.27. The van der Waals surface area contributed by atoms with Crippen LogP contribution in [0.5, 0.6) is 5.75 Å². The Hall–Kier alpha value is -2.61. The lowest BCUT2D eigenvalue weighted by Crippen LogP contribution is -2.48. The lowest BCUT2D eigenvalue weighted by Gasteiger charge is -2.32. The van der Waals surface area contributed by atoms with Crippen molar-refractivity contribution >= 4 is 29.0 Å². The van der Waals surface area contributed by atoms with Gasteiger partial charge in [-0.05, 0) is 42.3 Å². The molecule has 2 aliphatic rings. The van der Waals surface area contributed by atoms with Crippen LogP contribution in [0, 0.1) is 11.7 Å². The zero-order valence-electron chi connectivity index (χ0n) is 14.8. The Kier molecular flexibility index (Phi) is 4.73. The number of amides is 3.